The molecule has 2 aromatic rings. The molecule has 5 heteroatoms. The second-order valence-corrected chi connectivity index (χ2v) is 8.37. The molecule has 4 heterocycles. The van der Waals surface area contributed by atoms with Gasteiger partial charge in [0.25, 0.3) is 0 Å². The molecule has 0 aliphatic carbocycles. The van der Waals surface area contributed by atoms with Crippen LogP contribution in [0.1, 0.15) is 49.2 Å². The van der Waals surface area contributed by atoms with E-state index in [9.17, 15) is 0 Å². The van der Waals surface area contributed by atoms with Gasteiger partial charge in [0.2, 0.25) is 0 Å². The van der Waals surface area contributed by atoms with Crippen LogP contribution in [0.5, 0.6) is 0 Å². The molecule has 0 radical (unpaired) electrons. The summed E-state index contributed by atoms with van der Waals surface area (Å²) < 4.78 is 2.49. The maximum absolute atomic E-state index is 4.98. The first-order chi connectivity index (χ1) is 10.4. The van der Waals surface area contributed by atoms with E-state index in [2.05, 4.69) is 39.1 Å². The lowest BCUT2D eigenvalue weighted by Gasteiger charge is -2.28. The van der Waals surface area contributed by atoms with Crippen molar-refractivity contribution >= 4 is 34.7 Å². The third-order valence-electron chi connectivity index (χ3n) is 4.45. The fourth-order valence-corrected chi connectivity index (χ4v) is 5.84. The van der Waals surface area contributed by atoms with Crippen molar-refractivity contribution < 1.29 is 0 Å². The van der Waals surface area contributed by atoms with Gasteiger partial charge in [0.05, 0.1) is 5.25 Å². The molecular formula is C16H21N3S2. The number of pyridine rings is 1. The van der Waals surface area contributed by atoms with Gasteiger partial charge in [-0.3, -0.25) is 0 Å². The molecule has 2 aliphatic heterocycles. The smallest absolute Gasteiger partial charge is 0.160 e. The van der Waals surface area contributed by atoms with Crippen LogP contribution >= 0.6 is 23.5 Å². The van der Waals surface area contributed by atoms with Crippen LogP contribution in [0.3, 0.4) is 0 Å². The predicted molar refractivity (Wildman–Crippen MR) is 92.2 cm³/mol. The average Bonchev–Trinajstić information content (AvgIpc) is 2.96. The third kappa shape index (κ3) is 2.70. The van der Waals surface area contributed by atoms with Crippen molar-refractivity contribution in [2.45, 2.75) is 43.4 Å². The maximum atomic E-state index is 4.98. The number of nitrogens with zero attached hydrogens (tertiary/aromatic N) is 3. The Hall–Kier alpha value is -0.680. The molecule has 4 rings (SSSR count). The highest BCUT2D eigenvalue weighted by atomic mass is 32.2. The monoisotopic (exact) mass is 319 g/mol. The highest BCUT2D eigenvalue weighted by Gasteiger charge is 2.28. The number of fused-ring (bicyclic) bond motifs is 1. The second kappa shape index (κ2) is 6.21. The van der Waals surface area contributed by atoms with Crippen LogP contribution < -0.4 is 0 Å². The zero-order valence-corrected chi connectivity index (χ0v) is 13.8. The minimum atomic E-state index is 0.569. The van der Waals surface area contributed by atoms with Crippen LogP contribution in [0.2, 0.25) is 0 Å². The van der Waals surface area contributed by atoms with Gasteiger partial charge in [0, 0.05) is 18.0 Å². The first-order valence-corrected chi connectivity index (χ1v) is 10.2. The highest BCUT2D eigenvalue weighted by Crippen LogP contribution is 2.41. The van der Waals surface area contributed by atoms with Gasteiger partial charge in [-0.25, -0.2) is 9.97 Å². The SMILES string of the molecule is c1cnc2c(c1)nc(C1CCCCS1)n2C1CCCSC1. The van der Waals surface area contributed by atoms with Gasteiger partial charge in [0.1, 0.15) is 11.3 Å². The van der Waals surface area contributed by atoms with E-state index in [1.807, 2.05) is 12.3 Å². The number of hydrogen-bond acceptors (Lipinski definition) is 4. The Kier molecular flexibility index (Phi) is 4.12. The van der Waals surface area contributed by atoms with Crippen LogP contribution in [0.15, 0.2) is 18.3 Å². The van der Waals surface area contributed by atoms with Crippen molar-refractivity contribution in [3.05, 3.63) is 24.2 Å². The van der Waals surface area contributed by atoms with Gasteiger partial charge < -0.3 is 4.57 Å². The summed E-state index contributed by atoms with van der Waals surface area (Å²) in [5.41, 5.74) is 2.18. The van der Waals surface area contributed by atoms with Crippen molar-refractivity contribution in [2.24, 2.45) is 0 Å². The lowest BCUT2D eigenvalue weighted by atomic mass is 10.1. The molecular weight excluding hydrogens is 298 g/mol. The van der Waals surface area contributed by atoms with Crippen LogP contribution in [-0.4, -0.2) is 31.8 Å². The van der Waals surface area contributed by atoms with Crippen LogP contribution in [0, 0.1) is 0 Å². The first kappa shape index (κ1) is 13.9. The molecule has 2 saturated heterocycles. The molecule has 112 valence electrons. The number of aromatic nitrogens is 3. The second-order valence-electron chi connectivity index (χ2n) is 5.91. The lowest BCUT2D eigenvalue weighted by Crippen LogP contribution is -2.20. The normalized spacial score (nSPS) is 27.0. The van der Waals surface area contributed by atoms with E-state index >= 15 is 0 Å². The Bertz CT molecular complexity index is 613. The minimum Gasteiger partial charge on any atom is -0.308 e. The van der Waals surface area contributed by atoms with E-state index in [-0.39, 0.29) is 0 Å². The van der Waals surface area contributed by atoms with Crippen molar-refractivity contribution in [3.63, 3.8) is 0 Å². The summed E-state index contributed by atoms with van der Waals surface area (Å²) in [4.78, 5) is 9.64. The molecule has 2 fully saturated rings. The summed E-state index contributed by atoms with van der Waals surface area (Å²) in [6, 6.07) is 4.71. The molecule has 0 bridgehead atoms. The number of rotatable bonds is 2. The Balaban J connectivity index is 1.79. The van der Waals surface area contributed by atoms with Crippen molar-refractivity contribution in [1.82, 2.24) is 14.5 Å². The molecule has 0 aromatic carbocycles. The summed E-state index contributed by atoms with van der Waals surface area (Å²) in [5, 5.41) is 0.569. The van der Waals surface area contributed by atoms with E-state index in [0.717, 1.165) is 11.2 Å². The highest BCUT2D eigenvalue weighted by molar-refractivity contribution is 7.99. The quantitative estimate of drug-likeness (QED) is 0.818. The first-order valence-electron chi connectivity index (χ1n) is 7.95. The summed E-state index contributed by atoms with van der Waals surface area (Å²) in [7, 11) is 0. The summed E-state index contributed by atoms with van der Waals surface area (Å²) in [5.74, 6) is 5.10. The van der Waals surface area contributed by atoms with Gasteiger partial charge in [0.15, 0.2) is 5.65 Å². The van der Waals surface area contributed by atoms with Crippen molar-refractivity contribution in [1.29, 1.82) is 0 Å². The molecule has 0 N–H and O–H groups in total. The van der Waals surface area contributed by atoms with E-state index in [1.165, 1.54) is 55.2 Å². The molecule has 0 amide bonds. The van der Waals surface area contributed by atoms with Gasteiger partial charge in [-0.15, -0.1) is 0 Å². The Morgan fingerprint density at radius 3 is 2.95 bits per heavy atom. The van der Waals surface area contributed by atoms with Crippen molar-refractivity contribution in [3.8, 4) is 0 Å². The van der Waals surface area contributed by atoms with Gasteiger partial charge >= 0.3 is 0 Å². The predicted octanol–water partition coefficient (Wildman–Crippen LogP) is 4.46. The molecule has 2 aliphatic rings. The number of hydrogen-bond donors (Lipinski definition) is 0. The van der Waals surface area contributed by atoms with Gasteiger partial charge in [-0.2, -0.15) is 23.5 Å². The molecule has 2 atom stereocenters. The fraction of sp³-hybridized carbons (Fsp3) is 0.625. The van der Waals surface area contributed by atoms with E-state index < -0.39 is 0 Å². The third-order valence-corrected chi connectivity index (χ3v) is 7.02. The molecule has 2 aromatic heterocycles. The lowest BCUT2D eigenvalue weighted by molar-refractivity contribution is 0.482. The molecule has 0 saturated carbocycles. The molecule has 3 nitrogen and oxygen atoms in total. The van der Waals surface area contributed by atoms with Gasteiger partial charge in [-0.05, 0) is 49.3 Å². The minimum absolute atomic E-state index is 0.569. The zero-order chi connectivity index (χ0) is 14.1. The summed E-state index contributed by atoms with van der Waals surface area (Å²) in [6.45, 7) is 0. The van der Waals surface area contributed by atoms with Crippen molar-refractivity contribution in [2.75, 3.05) is 17.3 Å². The molecule has 0 spiro atoms. The van der Waals surface area contributed by atoms with Crippen LogP contribution in [-0.2, 0) is 0 Å². The Morgan fingerprint density at radius 2 is 2.14 bits per heavy atom. The topological polar surface area (TPSA) is 30.7 Å². The molecule has 21 heavy (non-hydrogen) atoms. The van der Waals surface area contributed by atoms with Crippen LogP contribution in [0.25, 0.3) is 11.2 Å². The zero-order valence-electron chi connectivity index (χ0n) is 12.2. The van der Waals surface area contributed by atoms with E-state index in [0.29, 0.717) is 11.3 Å². The van der Waals surface area contributed by atoms with Crippen LogP contribution in [0.4, 0.5) is 0 Å². The number of thioether (sulfide) groups is 2. The standard InChI is InChI=1S/C16H21N3S2/c1-2-10-21-14(7-1)16-18-13-6-3-8-17-15(13)19(16)12-5-4-9-20-11-12/h3,6,8,12,14H,1-2,4-5,7,9-11H2. The summed E-state index contributed by atoms with van der Waals surface area (Å²) in [6.07, 6.45) is 8.48. The van der Waals surface area contributed by atoms with E-state index in [4.69, 9.17) is 4.98 Å². The van der Waals surface area contributed by atoms with Gasteiger partial charge in [-0.1, -0.05) is 6.42 Å². The average molecular weight is 319 g/mol. The van der Waals surface area contributed by atoms with E-state index in [1.54, 1.807) is 0 Å². The largest absolute Gasteiger partial charge is 0.308 e. The Labute approximate surface area is 134 Å². The maximum Gasteiger partial charge on any atom is 0.160 e. The molecule has 2 unspecified atom stereocenters. The fourth-order valence-electron chi connectivity index (χ4n) is 3.41. The summed E-state index contributed by atoms with van der Waals surface area (Å²) >= 11 is 4.17. The Morgan fingerprint density at radius 1 is 1.14 bits per heavy atom. The number of imidazole rings is 1.